The molecule has 0 fully saturated rings. The predicted octanol–water partition coefficient (Wildman–Crippen LogP) is 3.14. The highest BCUT2D eigenvalue weighted by Gasteiger charge is 2.16. The number of hydrogen-bond acceptors (Lipinski definition) is 4. The molecule has 0 bridgehead atoms. The van der Waals surface area contributed by atoms with E-state index in [1.165, 1.54) is 0 Å². The fraction of sp³-hybridized carbons (Fsp3) is 0.938. The summed E-state index contributed by atoms with van der Waals surface area (Å²) in [7, 11) is 0. The lowest BCUT2D eigenvalue weighted by molar-refractivity contribution is -0.147. The average molecular weight is 287 g/mol. The molecule has 2 N–H and O–H groups in total. The highest BCUT2D eigenvalue weighted by molar-refractivity contribution is 5.75. The molecule has 4 nitrogen and oxygen atoms in total. The fourth-order valence-electron chi connectivity index (χ4n) is 1.93. The van der Waals surface area contributed by atoms with E-state index in [1.54, 1.807) is 0 Å². The molecular formula is C16H33NO3. The normalized spacial score (nSPS) is 12.9. The monoisotopic (exact) mass is 287 g/mol. The van der Waals surface area contributed by atoms with Gasteiger partial charge in [0.1, 0.15) is 6.04 Å². The maximum absolute atomic E-state index is 11.7. The number of hydrogen-bond donors (Lipinski definition) is 1. The second-order valence-electron chi connectivity index (χ2n) is 5.47. The Morgan fingerprint density at radius 1 is 0.950 bits per heavy atom. The number of rotatable bonds is 12. The number of carbonyl (C=O) groups excluding carboxylic acids is 1. The van der Waals surface area contributed by atoms with Gasteiger partial charge in [-0.2, -0.15) is 0 Å². The zero-order chi connectivity index (χ0) is 15.4. The van der Waals surface area contributed by atoms with Crippen LogP contribution in [0.15, 0.2) is 0 Å². The van der Waals surface area contributed by atoms with Gasteiger partial charge in [-0.3, -0.25) is 4.79 Å². The van der Waals surface area contributed by atoms with Crippen molar-refractivity contribution in [3.8, 4) is 0 Å². The molecule has 20 heavy (non-hydrogen) atoms. The van der Waals surface area contributed by atoms with Crippen molar-refractivity contribution in [2.75, 3.05) is 19.8 Å². The van der Waals surface area contributed by atoms with Gasteiger partial charge in [-0.1, -0.05) is 53.4 Å². The van der Waals surface area contributed by atoms with Crippen LogP contribution in [0.2, 0.25) is 0 Å². The number of nitrogens with two attached hydrogens (primary N) is 1. The Morgan fingerprint density at radius 3 is 1.95 bits per heavy atom. The Hall–Kier alpha value is -0.610. The lowest BCUT2D eigenvalue weighted by Gasteiger charge is -2.16. The van der Waals surface area contributed by atoms with Crippen LogP contribution in [0.4, 0.5) is 0 Å². The summed E-state index contributed by atoms with van der Waals surface area (Å²) >= 11 is 0. The zero-order valence-electron chi connectivity index (χ0n) is 13.7. The van der Waals surface area contributed by atoms with Crippen molar-refractivity contribution in [1.82, 2.24) is 0 Å². The third-order valence-corrected chi connectivity index (χ3v) is 4.00. The van der Waals surface area contributed by atoms with Crippen LogP contribution in [0.25, 0.3) is 0 Å². The molecule has 0 radical (unpaired) electrons. The minimum Gasteiger partial charge on any atom is -0.464 e. The van der Waals surface area contributed by atoms with E-state index in [4.69, 9.17) is 15.2 Å². The Labute approximate surface area is 124 Å². The van der Waals surface area contributed by atoms with Crippen molar-refractivity contribution in [3.63, 3.8) is 0 Å². The topological polar surface area (TPSA) is 61.5 Å². The van der Waals surface area contributed by atoms with Gasteiger partial charge >= 0.3 is 5.97 Å². The van der Waals surface area contributed by atoms with Gasteiger partial charge in [0.05, 0.1) is 6.61 Å². The first-order valence-corrected chi connectivity index (χ1v) is 8.08. The molecule has 0 aromatic rings. The van der Waals surface area contributed by atoms with E-state index in [1.807, 2.05) is 0 Å². The summed E-state index contributed by atoms with van der Waals surface area (Å²) in [6.07, 6.45) is 4.83. The molecule has 0 spiro atoms. The second kappa shape index (κ2) is 12.2. The van der Waals surface area contributed by atoms with E-state index >= 15 is 0 Å². The summed E-state index contributed by atoms with van der Waals surface area (Å²) < 4.78 is 10.8. The summed E-state index contributed by atoms with van der Waals surface area (Å²) in [5, 5.41) is 0. The van der Waals surface area contributed by atoms with E-state index in [0.29, 0.717) is 31.5 Å². The number of carbonyl (C=O) groups is 1. The largest absolute Gasteiger partial charge is 0.464 e. The minimum absolute atomic E-state index is 0.303. The van der Waals surface area contributed by atoms with E-state index in [0.717, 1.165) is 32.3 Å². The average Bonchev–Trinajstić information content (AvgIpc) is 2.48. The Kier molecular flexibility index (Phi) is 11.8. The SMILES string of the molecule is CCC(CC)COCC[C@H](N)C(=O)OCC(CC)CC. The van der Waals surface area contributed by atoms with Crippen LogP contribution in [0, 0.1) is 11.8 Å². The van der Waals surface area contributed by atoms with Gasteiger partial charge in [-0.25, -0.2) is 0 Å². The summed E-state index contributed by atoms with van der Waals surface area (Å²) in [6.45, 7) is 10.3. The maximum atomic E-state index is 11.7. The molecule has 0 aromatic heterocycles. The molecule has 0 amide bonds. The van der Waals surface area contributed by atoms with Gasteiger partial charge in [-0.15, -0.1) is 0 Å². The van der Waals surface area contributed by atoms with Crippen LogP contribution in [0.1, 0.15) is 59.8 Å². The molecule has 0 unspecified atom stereocenters. The molecule has 0 aromatic carbocycles. The molecule has 120 valence electrons. The standard InChI is InChI=1S/C16H33NO3/c1-5-13(6-2)11-19-10-9-15(17)16(18)20-12-14(7-3)8-4/h13-15H,5-12,17H2,1-4H3/t15-/m0/s1. The van der Waals surface area contributed by atoms with Gasteiger partial charge in [0, 0.05) is 13.2 Å². The van der Waals surface area contributed by atoms with E-state index in [-0.39, 0.29) is 5.97 Å². The molecule has 0 aliphatic carbocycles. The Bertz CT molecular complexity index is 238. The highest BCUT2D eigenvalue weighted by Crippen LogP contribution is 2.09. The van der Waals surface area contributed by atoms with Crippen LogP contribution in [0.5, 0.6) is 0 Å². The van der Waals surface area contributed by atoms with Gasteiger partial charge in [0.15, 0.2) is 0 Å². The summed E-state index contributed by atoms with van der Waals surface area (Å²) in [5.41, 5.74) is 5.81. The van der Waals surface area contributed by atoms with Crippen LogP contribution in [-0.2, 0) is 14.3 Å². The van der Waals surface area contributed by atoms with Crippen molar-refractivity contribution in [3.05, 3.63) is 0 Å². The first kappa shape index (κ1) is 19.4. The van der Waals surface area contributed by atoms with Crippen molar-refractivity contribution >= 4 is 5.97 Å². The molecule has 0 aliphatic rings. The molecule has 0 rings (SSSR count). The molecule has 0 heterocycles. The van der Waals surface area contributed by atoms with Gasteiger partial charge in [0.2, 0.25) is 0 Å². The molecule has 0 saturated heterocycles. The molecule has 4 heteroatoms. The van der Waals surface area contributed by atoms with Crippen LogP contribution in [-0.4, -0.2) is 31.8 Å². The maximum Gasteiger partial charge on any atom is 0.323 e. The third kappa shape index (κ3) is 8.54. The van der Waals surface area contributed by atoms with Crippen LogP contribution < -0.4 is 5.73 Å². The van der Waals surface area contributed by atoms with Crippen molar-refractivity contribution in [2.45, 2.75) is 65.8 Å². The Balaban J connectivity index is 3.74. The van der Waals surface area contributed by atoms with Crippen molar-refractivity contribution < 1.29 is 14.3 Å². The summed E-state index contributed by atoms with van der Waals surface area (Å²) in [4.78, 5) is 11.7. The van der Waals surface area contributed by atoms with Crippen molar-refractivity contribution in [2.24, 2.45) is 17.6 Å². The highest BCUT2D eigenvalue weighted by atomic mass is 16.5. The van der Waals surface area contributed by atoms with Crippen molar-refractivity contribution in [1.29, 1.82) is 0 Å². The van der Waals surface area contributed by atoms with Gasteiger partial charge in [0.25, 0.3) is 0 Å². The zero-order valence-corrected chi connectivity index (χ0v) is 13.7. The lowest BCUT2D eigenvalue weighted by atomic mass is 10.1. The summed E-state index contributed by atoms with van der Waals surface area (Å²) in [5.74, 6) is 0.744. The van der Waals surface area contributed by atoms with Gasteiger partial charge < -0.3 is 15.2 Å². The molecule has 0 aliphatic heterocycles. The van der Waals surface area contributed by atoms with E-state index in [9.17, 15) is 4.79 Å². The number of esters is 1. The lowest BCUT2D eigenvalue weighted by Crippen LogP contribution is -2.34. The predicted molar refractivity (Wildman–Crippen MR) is 82.5 cm³/mol. The number of ether oxygens (including phenoxy) is 2. The van der Waals surface area contributed by atoms with E-state index in [2.05, 4.69) is 27.7 Å². The fourth-order valence-corrected chi connectivity index (χ4v) is 1.93. The second-order valence-corrected chi connectivity index (χ2v) is 5.47. The molecular weight excluding hydrogens is 254 g/mol. The quantitative estimate of drug-likeness (QED) is 0.442. The van der Waals surface area contributed by atoms with Gasteiger partial charge in [-0.05, 0) is 18.3 Å². The summed E-state index contributed by atoms with van der Waals surface area (Å²) in [6, 6.07) is -0.564. The smallest absolute Gasteiger partial charge is 0.323 e. The first-order chi connectivity index (χ1) is 9.58. The van der Waals surface area contributed by atoms with Crippen LogP contribution in [0.3, 0.4) is 0 Å². The minimum atomic E-state index is -0.564. The van der Waals surface area contributed by atoms with Crippen LogP contribution >= 0.6 is 0 Å². The Morgan fingerprint density at radius 2 is 1.45 bits per heavy atom. The third-order valence-electron chi connectivity index (χ3n) is 4.00. The van der Waals surface area contributed by atoms with E-state index < -0.39 is 6.04 Å². The first-order valence-electron chi connectivity index (χ1n) is 8.08. The molecule has 1 atom stereocenters. The molecule has 0 saturated carbocycles.